The van der Waals surface area contributed by atoms with Crippen molar-refractivity contribution in [3.63, 3.8) is 0 Å². The van der Waals surface area contributed by atoms with Crippen LogP contribution in [0.5, 0.6) is 0 Å². The van der Waals surface area contributed by atoms with Crippen LogP contribution in [0.4, 0.5) is 0 Å². The van der Waals surface area contributed by atoms with Gasteiger partial charge in [0.15, 0.2) is 5.65 Å². The third kappa shape index (κ3) is 1.33. The molecule has 0 aliphatic heterocycles. The fourth-order valence-electron chi connectivity index (χ4n) is 1.56. The summed E-state index contributed by atoms with van der Waals surface area (Å²) in [6.07, 6.45) is 0. The largest absolute Gasteiger partial charge is 0.296 e. The summed E-state index contributed by atoms with van der Waals surface area (Å²) in [5.41, 5.74) is 3.44. The molecule has 0 unspecified atom stereocenters. The first-order valence-electron chi connectivity index (χ1n) is 4.70. The molecule has 2 N–H and O–H groups in total. The Balaban J connectivity index is 3.05. The van der Waals surface area contributed by atoms with E-state index in [1.54, 1.807) is 20.8 Å². The molecule has 2 aromatic rings. The number of hydrogen-bond donors (Lipinski definition) is 2. The van der Waals surface area contributed by atoms with E-state index in [1.165, 1.54) is 4.52 Å². The highest BCUT2D eigenvalue weighted by Crippen LogP contribution is 1.94. The predicted molar refractivity (Wildman–Crippen MR) is 55.7 cm³/mol. The average Bonchev–Trinajstić information content (AvgIpc) is 2.60. The number of nitrogens with one attached hydrogen (secondary N) is 1. The number of fused-ring (bicyclic) bond motifs is 1. The third-order valence-electron chi connectivity index (χ3n) is 2.38. The Morgan fingerprint density at radius 2 is 2.00 bits per heavy atom. The van der Waals surface area contributed by atoms with Gasteiger partial charge in [-0.2, -0.15) is 9.61 Å². The predicted octanol–water partition coefficient (Wildman–Crippen LogP) is -1.07. The van der Waals surface area contributed by atoms with E-state index >= 15 is 0 Å². The molecule has 2 rings (SSSR count). The van der Waals surface area contributed by atoms with Gasteiger partial charge in [-0.1, -0.05) is 0 Å². The number of nitrogens with zero attached hydrogens (tertiary/aromatic N) is 4. The van der Waals surface area contributed by atoms with Crippen molar-refractivity contribution in [2.75, 3.05) is 0 Å². The fourth-order valence-corrected chi connectivity index (χ4v) is 1.56. The van der Waals surface area contributed by atoms with Crippen LogP contribution in [0, 0.1) is 13.8 Å². The zero-order valence-electron chi connectivity index (χ0n) is 9.14. The summed E-state index contributed by atoms with van der Waals surface area (Å²) in [4.78, 5) is 11.7. The van der Waals surface area contributed by atoms with E-state index in [4.69, 9.17) is 5.21 Å². The number of hydrogen-bond acceptors (Lipinski definition) is 6. The number of rotatable bonds is 1. The molecular weight excluding hydrogens is 210 g/mol. The standard InChI is InChI=1S/C9H11N5O2/c1-4-7(5(2)13-16)8-11-10-6(3)9(15)14(8)12-4/h13,16H,1-3H3/b7-5+. The zero-order chi connectivity index (χ0) is 11.9. The van der Waals surface area contributed by atoms with Gasteiger partial charge in [0.25, 0.3) is 5.56 Å². The topological polar surface area (TPSA) is 92.4 Å². The normalized spacial score (nSPS) is 13.0. The summed E-state index contributed by atoms with van der Waals surface area (Å²) >= 11 is 0. The summed E-state index contributed by atoms with van der Waals surface area (Å²) in [6.45, 7) is 4.97. The van der Waals surface area contributed by atoms with Crippen molar-refractivity contribution in [1.29, 1.82) is 0 Å². The minimum Gasteiger partial charge on any atom is -0.291 e. The fraction of sp³-hybridized carbons (Fsp3) is 0.333. The second-order valence-electron chi connectivity index (χ2n) is 3.52. The molecule has 0 aromatic carbocycles. The van der Waals surface area contributed by atoms with Crippen LogP contribution in [0.3, 0.4) is 0 Å². The van der Waals surface area contributed by atoms with E-state index in [0.717, 1.165) is 0 Å². The summed E-state index contributed by atoms with van der Waals surface area (Å²) in [6, 6.07) is 0. The molecule has 0 spiro atoms. The molecule has 0 radical (unpaired) electrons. The number of hydroxylamine groups is 1. The van der Waals surface area contributed by atoms with Gasteiger partial charge in [0.2, 0.25) is 0 Å². The number of aryl methyl sites for hydroxylation is 2. The van der Waals surface area contributed by atoms with E-state index in [-0.39, 0.29) is 11.3 Å². The molecular formula is C9H11N5O2. The van der Waals surface area contributed by atoms with E-state index in [9.17, 15) is 4.79 Å². The lowest BCUT2D eigenvalue weighted by Crippen LogP contribution is -2.23. The minimum atomic E-state index is -0.301. The Bertz CT molecular complexity index is 661. The van der Waals surface area contributed by atoms with Crippen molar-refractivity contribution in [3.8, 4) is 0 Å². The average molecular weight is 221 g/mol. The lowest BCUT2D eigenvalue weighted by molar-refractivity contribution is 0.222. The maximum atomic E-state index is 11.7. The van der Waals surface area contributed by atoms with Crippen molar-refractivity contribution < 1.29 is 5.21 Å². The van der Waals surface area contributed by atoms with Gasteiger partial charge in [-0.3, -0.25) is 15.5 Å². The lowest BCUT2D eigenvalue weighted by atomic mass is 10.3. The van der Waals surface area contributed by atoms with Crippen molar-refractivity contribution in [2.45, 2.75) is 20.8 Å². The van der Waals surface area contributed by atoms with E-state index in [0.29, 0.717) is 22.3 Å². The van der Waals surface area contributed by atoms with Crippen molar-refractivity contribution >= 4 is 11.3 Å². The maximum absolute atomic E-state index is 11.7. The van der Waals surface area contributed by atoms with Gasteiger partial charge >= 0.3 is 0 Å². The monoisotopic (exact) mass is 221 g/mol. The molecule has 2 heterocycles. The Morgan fingerprint density at radius 3 is 2.62 bits per heavy atom. The van der Waals surface area contributed by atoms with E-state index in [1.807, 2.05) is 5.48 Å². The highest BCUT2D eigenvalue weighted by Gasteiger charge is 2.11. The quantitative estimate of drug-likeness (QED) is 0.595. The first-order chi connectivity index (χ1) is 7.56. The molecule has 0 aliphatic carbocycles. The molecule has 0 aliphatic rings. The van der Waals surface area contributed by atoms with Gasteiger partial charge in [-0.15, -0.1) is 10.2 Å². The van der Waals surface area contributed by atoms with Crippen LogP contribution in [0.15, 0.2) is 4.79 Å². The molecule has 0 amide bonds. The van der Waals surface area contributed by atoms with Crippen LogP contribution in [-0.4, -0.2) is 25.0 Å². The third-order valence-corrected chi connectivity index (χ3v) is 2.38. The van der Waals surface area contributed by atoms with Gasteiger partial charge in [0.1, 0.15) is 5.69 Å². The van der Waals surface area contributed by atoms with Crippen LogP contribution in [0.25, 0.3) is 11.3 Å². The summed E-state index contributed by atoms with van der Waals surface area (Å²) in [5, 5.41) is 21.2. The molecule has 7 heteroatoms. The summed E-state index contributed by atoms with van der Waals surface area (Å²) in [5.74, 6) is 0. The second-order valence-corrected chi connectivity index (χ2v) is 3.52. The van der Waals surface area contributed by atoms with Gasteiger partial charge in [-0.05, 0) is 20.8 Å². The molecule has 0 fully saturated rings. The zero-order valence-corrected chi connectivity index (χ0v) is 9.14. The highest BCUT2D eigenvalue weighted by atomic mass is 16.5. The first-order valence-corrected chi connectivity index (χ1v) is 4.70. The van der Waals surface area contributed by atoms with Crippen molar-refractivity contribution in [1.82, 2.24) is 25.3 Å². The first kappa shape index (κ1) is 10.5. The van der Waals surface area contributed by atoms with Gasteiger partial charge < -0.3 is 0 Å². The van der Waals surface area contributed by atoms with E-state index in [2.05, 4.69) is 15.3 Å². The highest BCUT2D eigenvalue weighted by molar-refractivity contribution is 5.52. The van der Waals surface area contributed by atoms with Gasteiger partial charge in [-0.25, -0.2) is 0 Å². The maximum Gasteiger partial charge on any atom is 0.296 e. The van der Waals surface area contributed by atoms with Crippen LogP contribution >= 0.6 is 0 Å². The van der Waals surface area contributed by atoms with Gasteiger partial charge in [0.05, 0.1) is 10.9 Å². The molecule has 0 saturated heterocycles. The Labute approximate surface area is 90.4 Å². The Morgan fingerprint density at radius 1 is 1.31 bits per heavy atom. The Hall–Kier alpha value is -2.02. The van der Waals surface area contributed by atoms with Crippen molar-refractivity contribution in [3.05, 3.63) is 27.0 Å². The number of aromatic nitrogens is 4. The SMILES string of the molecule is C/C(NO)=c1/c(C)nn2c(=O)c(C)nnc12. The van der Waals surface area contributed by atoms with Crippen molar-refractivity contribution in [2.24, 2.45) is 0 Å². The second kappa shape index (κ2) is 3.53. The molecule has 7 nitrogen and oxygen atoms in total. The summed E-state index contributed by atoms with van der Waals surface area (Å²) in [7, 11) is 0. The molecule has 84 valence electrons. The molecule has 2 aromatic heterocycles. The molecule has 0 atom stereocenters. The van der Waals surface area contributed by atoms with Crippen LogP contribution < -0.4 is 16.3 Å². The molecule has 16 heavy (non-hydrogen) atoms. The lowest BCUT2D eigenvalue weighted by Gasteiger charge is -1.95. The summed E-state index contributed by atoms with van der Waals surface area (Å²) < 4.78 is 1.19. The van der Waals surface area contributed by atoms with Gasteiger partial charge in [0, 0.05) is 5.70 Å². The molecule has 0 saturated carbocycles. The van der Waals surface area contributed by atoms with Crippen LogP contribution in [0.1, 0.15) is 18.3 Å². The van der Waals surface area contributed by atoms with E-state index < -0.39 is 0 Å². The van der Waals surface area contributed by atoms with Crippen LogP contribution in [0.2, 0.25) is 0 Å². The molecule has 0 bridgehead atoms. The smallest absolute Gasteiger partial charge is 0.291 e. The Kier molecular flexibility index (Phi) is 2.31. The minimum absolute atomic E-state index is 0.288. The van der Waals surface area contributed by atoms with Crippen LogP contribution in [-0.2, 0) is 0 Å².